The number of rotatable bonds is 6. The minimum Gasteiger partial charge on any atom is -0.463 e. The maximum atomic E-state index is 11.8. The second-order valence-electron chi connectivity index (χ2n) is 5.55. The Morgan fingerprint density at radius 1 is 1.41 bits per heavy atom. The fourth-order valence-corrected chi connectivity index (χ4v) is 2.29. The van der Waals surface area contributed by atoms with Crippen molar-refractivity contribution < 1.29 is 28.5 Å². The molecule has 2 aliphatic rings. The van der Waals surface area contributed by atoms with Gasteiger partial charge >= 0.3 is 11.9 Å². The number of allylic oxidation sites excluding steroid dienone is 3. The van der Waals surface area contributed by atoms with Gasteiger partial charge in [0.1, 0.15) is 18.5 Å². The molecule has 0 saturated carbocycles. The molecule has 0 aromatic carbocycles. The van der Waals surface area contributed by atoms with Crippen LogP contribution in [0.25, 0.3) is 0 Å². The first-order chi connectivity index (χ1) is 10.5. The summed E-state index contributed by atoms with van der Waals surface area (Å²) in [6, 6.07) is 0. The van der Waals surface area contributed by atoms with Crippen molar-refractivity contribution in [2.45, 2.75) is 51.4 Å². The second kappa shape index (κ2) is 7.56. The van der Waals surface area contributed by atoms with Gasteiger partial charge in [-0.3, -0.25) is 9.59 Å². The largest absolute Gasteiger partial charge is 0.463 e. The van der Waals surface area contributed by atoms with Gasteiger partial charge in [0, 0.05) is 13.3 Å². The van der Waals surface area contributed by atoms with Crippen LogP contribution in [0.5, 0.6) is 0 Å². The van der Waals surface area contributed by atoms with Crippen molar-refractivity contribution in [1.29, 1.82) is 0 Å². The number of hydrogen-bond acceptors (Lipinski definition) is 6. The number of carbonyl (C=O) groups is 2. The van der Waals surface area contributed by atoms with E-state index in [-0.39, 0.29) is 31.1 Å². The maximum Gasteiger partial charge on any atom is 0.311 e. The predicted octanol–water partition coefficient (Wildman–Crippen LogP) is 2.24. The summed E-state index contributed by atoms with van der Waals surface area (Å²) >= 11 is 0. The molecule has 0 bridgehead atoms. The van der Waals surface area contributed by atoms with Gasteiger partial charge < -0.3 is 18.9 Å². The summed E-state index contributed by atoms with van der Waals surface area (Å²) in [6.45, 7) is 3.62. The molecule has 0 spiro atoms. The van der Waals surface area contributed by atoms with E-state index in [2.05, 4.69) is 0 Å². The third kappa shape index (κ3) is 5.27. The molecule has 6 heteroatoms. The lowest BCUT2D eigenvalue weighted by atomic mass is 10.1. The summed E-state index contributed by atoms with van der Waals surface area (Å²) in [5.74, 6) is -0.910. The highest BCUT2D eigenvalue weighted by molar-refractivity contribution is 5.71. The molecule has 0 radical (unpaired) electrons. The van der Waals surface area contributed by atoms with E-state index >= 15 is 0 Å². The number of carbonyl (C=O) groups excluding carboxylic acids is 2. The molecule has 6 nitrogen and oxygen atoms in total. The first-order valence-electron chi connectivity index (χ1n) is 7.49. The van der Waals surface area contributed by atoms with E-state index in [4.69, 9.17) is 18.9 Å². The summed E-state index contributed by atoms with van der Waals surface area (Å²) in [5, 5.41) is 0. The van der Waals surface area contributed by atoms with Crippen LogP contribution in [0.3, 0.4) is 0 Å². The van der Waals surface area contributed by atoms with Crippen LogP contribution in [-0.2, 0) is 28.5 Å². The van der Waals surface area contributed by atoms with Crippen molar-refractivity contribution >= 4 is 11.9 Å². The Balaban J connectivity index is 1.71. The van der Waals surface area contributed by atoms with Crippen molar-refractivity contribution in [2.24, 2.45) is 0 Å². The Bertz CT molecular complexity index is 481. The molecule has 1 saturated heterocycles. The molecule has 1 fully saturated rings. The molecule has 2 rings (SSSR count). The van der Waals surface area contributed by atoms with Crippen molar-refractivity contribution in [1.82, 2.24) is 0 Å². The van der Waals surface area contributed by atoms with E-state index in [1.807, 2.05) is 12.2 Å². The zero-order valence-electron chi connectivity index (χ0n) is 13.0. The fourth-order valence-electron chi connectivity index (χ4n) is 2.29. The monoisotopic (exact) mass is 310 g/mol. The molecule has 0 aromatic rings. The average molecular weight is 310 g/mol. The molecule has 2 atom stereocenters. The van der Waals surface area contributed by atoms with Crippen LogP contribution in [0.2, 0.25) is 0 Å². The molecule has 0 N–H and O–H groups in total. The summed E-state index contributed by atoms with van der Waals surface area (Å²) in [7, 11) is 0. The number of ether oxygens (including phenoxy) is 4. The van der Waals surface area contributed by atoms with Crippen LogP contribution in [0.4, 0.5) is 0 Å². The molecule has 22 heavy (non-hydrogen) atoms. The quantitative estimate of drug-likeness (QED) is 0.701. The zero-order valence-corrected chi connectivity index (χ0v) is 13.0. The molecule has 1 heterocycles. The number of hydrogen-bond donors (Lipinski definition) is 0. The van der Waals surface area contributed by atoms with Crippen LogP contribution in [0.1, 0.15) is 39.5 Å². The van der Waals surface area contributed by atoms with Crippen LogP contribution in [0, 0.1) is 0 Å². The Morgan fingerprint density at radius 3 is 2.91 bits per heavy atom. The first kappa shape index (κ1) is 16.7. The van der Waals surface area contributed by atoms with E-state index in [9.17, 15) is 9.59 Å². The van der Waals surface area contributed by atoms with Gasteiger partial charge in [-0.05, 0) is 31.9 Å². The molecule has 1 aliphatic carbocycles. The molecule has 2 unspecified atom stereocenters. The Kier molecular flexibility index (Phi) is 5.74. The molecular weight excluding hydrogens is 288 g/mol. The van der Waals surface area contributed by atoms with Crippen molar-refractivity contribution in [3.63, 3.8) is 0 Å². The van der Waals surface area contributed by atoms with Gasteiger partial charge in [-0.2, -0.15) is 0 Å². The first-order valence-corrected chi connectivity index (χ1v) is 7.49. The van der Waals surface area contributed by atoms with Gasteiger partial charge in [-0.25, -0.2) is 0 Å². The lowest BCUT2D eigenvalue weighted by Gasteiger charge is -2.22. The van der Waals surface area contributed by atoms with Crippen LogP contribution in [-0.4, -0.2) is 37.0 Å². The minimum atomic E-state index is -0.847. The fraction of sp³-hybridized carbons (Fsp3) is 0.625. The lowest BCUT2D eigenvalue weighted by Crippen LogP contribution is -2.29. The Labute approximate surface area is 130 Å². The molecule has 122 valence electrons. The van der Waals surface area contributed by atoms with Gasteiger partial charge in [-0.1, -0.05) is 6.08 Å². The molecule has 0 aromatic heterocycles. The Morgan fingerprint density at radius 2 is 2.23 bits per heavy atom. The minimum absolute atomic E-state index is 0.160. The predicted molar refractivity (Wildman–Crippen MR) is 77.6 cm³/mol. The highest BCUT2D eigenvalue weighted by atomic mass is 16.7. The van der Waals surface area contributed by atoms with Gasteiger partial charge in [0.25, 0.3) is 0 Å². The summed E-state index contributed by atoms with van der Waals surface area (Å²) in [4.78, 5) is 22.6. The normalized spacial score (nSPS) is 27.4. The van der Waals surface area contributed by atoms with Gasteiger partial charge in [0.15, 0.2) is 5.79 Å². The smallest absolute Gasteiger partial charge is 0.311 e. The average Bonchev–Trinajstić information content (AvgIpc) is 2.86. The lowest BCUT2D eigenvalue weighted by molar-refractivity contribution is -0.173. The topological polar surface area (TPSA) is 71.1 Å². The second-order valence-corrected chi connectivity index (χ2v) is 5.55. The van der Waals surface area contributed by atoms with Gasteiger partial charge in [0.05, 0.1) is 13.0 Å². The van der Waals surface area contributed by atoms with E-state index < -0.39 is 5.79 Å². The summed E-state index contributed by atoms with van der Waals surface area (Å²) < 4.78 is 21.4. The van der Waals surface area contributed by atoms with E-state index in [0.717, 1.165) is 12.8 Å². The number of esters is 2. The molecule has 1 aliphatic heterocycles. The van der Waals surface area contributed by atoms with E-state index in [1.165, 1.54) is 6.92 Å². The summed E-state index contributed by atoms with van der Waals surface area (Å²) in [5.41, 5.74) is 0. The van der Waals surface area contributed by atoms with Gasteiger partial charge in [0.2, 0.25) is 0 Å². The molecular formula is C16H22O6. The van der Waals surface area contributed by atoms with E-state index in [1.54, 1.807) is 13.0 Å². The highest BCUT2D eigenvalue weighted by Gasteiger charge is 2.38. The zero-order chi connectivity index (χ0) is 16.0. The van der Waals surface area contributed by atoms with Crippen LogP contribution in [0.15, 0.2) is 24.0 Å². The van der Waals surface area contributed by atoms with Crippen molar-refractivity contribution in [3.05, 3.63) is 24.0 Å². The van der Waals surface area contributed by atoms with Crippen LogP contribution >= 0.6 is 0 Å². The third-order valence-corrected chi connectivity index (χ3v) is 3.44. The Hall–Kier alpha value is -1.66. The maximum absolute atomic E-state index is 11.8. The highest BCUT2D eigenvalue weighted by Crippen LogP contribution is 2.28. The third-order valence-electron chi connectivity index (χ3n) is 3.44. The standard InChI is InChI=1S/C16H22O6/c1-12(17)19-10-14-11-20-16(2,22-14)9-8-15(18)21-13-6-4-3-5-7-13/h4,6-7,14H,3,5,8-11H2,1-2H3. The van der Waals surface area contributed by atoms with E-state index in [0.29, 0.717) is 18.8 Å². The SMILES string of the molecule is CC(=O)OCC1COC(C)(CCC(=O)OC2=CCCC=C2)O1. The van der Waals surface area contributed by atoms with Crippen molar-refractivity contribution in [3.8, 4) is 0 Å². The van der Waals surface area contributed by atoms with Gasteiger partial charge in [-0.15, -0.1) is 0 Å². The van der Waals surface area contributed by atoms with Crippen LogP contribution < -0.4 is 0 Å². The van der Waals surface area contributed by atoms with Crippen molar-refractivity contribution in [2.75, 3.05) is 13.2 Å². The summed E-state index contributed by atoms with van der Waals surface area (Å²) in [6.07, 6.45) is 7.84. The molecule has 0 amide bonds.